The van der Waals surface area contributed by atoms with Gasteiger partial charge in [-0.05, 0) is 11.3 Å². The summed E-state index contributed by atoms with van der Waals surface area (Å²) in [4.78, 5) is 16.0. The fraction of sp³-hybridized carbons (Fsp3) is 0.667. The van der Waals surface area contributed by atoms with Gasteiger partial charge in [0.1, 0.15) is 0 Å². The van der Waals surface area contributed by atoms with Crippen LogP contribution in [0.2, 0.25) is 0 Å². The molecule has 0 aliphatic rings. The van der Waals surface area contributed by atoms with Crippen molar-refractivity contribution in [2.75, 3.05) is 5.32 Å². The van der Waals surface area contributed by atoms with E-state index in [-0.39, 0.29) is 11.3 Å². The van der Waals surface area contributed by atoms with Gasteiger partial charge < -0.3 is 5.32 Å². The van der Waals surface area contributed by atoms with Gasteiger partial charge in [-0.15, -0.1) is 22.9 Å². The van der Waals surface area contributed by atoms with Crippen LogP contribution in [-0.2, 0) is 10.7 Å². The molecule has 1 unspecified atom stereocenters. The van der Waals surface area contributed by atoms with Crippen LogP contribution in [-0.4, -0.2) is 10.9 Å². The van der Waals surface area contributed by atoms with Crippen LogP contribution in [0.15, 0.2) is 5.38 Å². The van der Waals surface area contributed by atoms with Gasteiger partial charge in [-0.2, -0.15) is 0 Å². The van der Waals surface area contributed by atoms with Crippen LogP contribution in [0, 0.1) is 11.3 Å². The van der Waals surface area contributed by atoms with Crippen LogP contribution in [0.5, 0.6) is 0 Å². The zero-order valence-corrected chi connectivity index (χ0v) is 12.3. The van der Waals surface area contributed by atoms with E-state index in [9.17, 15) is 4.79 Å². The Morgan fingerprint density at radius 2 is 2.24 bits per heavy atom. The topological polar surface area (TPSA) is 42.0 Å². The predicted octanol–water partition coefficient (Wildman–Crippen LogP) is 3.89. The maximum absolute atomic E-state index is 11.8. The summed E-state index contributed by atoms with van der Waals surface area (Å²) in [5.41, 5.74) is 0.942. The lowest BCUT2D eigenvalue weighted by Crippen LogP contribution is -2.23. The molecule has 5 heteroatoms. The number of amides is 1. The van der Waals surface area contributed by atoms with Crippen LogP contribution in [0.25, 0.3) is 0 Å². The van der Waals surface area contributed by atoms with E-state index in [4.69, 9.17) is 11.6 Å². The minimum atomic E-state index is 0.0166. The van der Waals surface area contributed by atoms with Gasteiger partial charge in [0.05, 0.1) is 11.6 Å². The molecule has 1 amide bonds. The van der Waals surface area contributed by atoms with E-state index < -0.39 is 0 Å². The number of hydrogen-bond acceptors (Lipinski definition) is 3. The smallest absolute Gasteiger partial charge is 0.226 e. The van der Waals surface area contributed by atoms with E-state index in [1.165, 1.54) is 11.3 Å². The minimum absolute atomic E-state index is 0.0166. The molecule has 1 N–H and O–H groups in total. The van der Waals surface area contributed by atoms with Crippen molar-refractivity contribution >= 4 is 34.0 Å². The molecule has 1 rings (SSSR count). The van der Waals surface area contributed by atoms with Gasteiger partial charge in [0.2, 0.25) is 5.91 Å². The summed E-state index contributed by atoms with van der Waals surface area (Å²) in [5, 5.41) is 5.30. The van der Waals surface area contributed by atoms with Crippen molar-refractivity contribution in [3.8, 4) is 0 Å². The van der Waals surface area contributed by atoms with Crippen LogP contribution < -0.4 is 5.32 Å². The molecule has 0 fully saturated rings. The van der Waals surface area contributed by atoms with Crippen molar-refractivity contribution in [3.05, 3.63) is 11.1 Å². The molecule has 0 aromatic carbocycles. The molecule has 17 heavy (non-hydrogen) atoms. The highest BCUT2D eigenvalue weighted by Gasteiger charge is 2.22. The molecule has 0 bridgehead atoms. The van der Waals surface area contributed by atoms with Crippen LogP contribution in [0.4, 0.5) is 5.13 Å². The average molecular weight is 275 g/mol. The zero-order valence-electron chi connectivity index (χ0n) is 10.7. The number of halogens is 1. The first-order chi connectivity index (χ1) is 7.82. The Balaban J connectivity index is 2.50. The Hall–Kier alpha value is -0.610. The van der Waals surface area contributed by atoms with E-state index >= 15 is 0 Å². The summed E-state index contributed by atoms with van der Waals surface area (Å²) < 4.78 is 0. The second kappa shape index (κ2) is 5.83. The van der Waals surface area contributed by atoms with E-state index in [2.05, 4.69) is 38.0 Å². The number of carbonyl (C=O) groups is 1. The largest absolute Gasteiger partial charge is 0.302 e. The maximum atomic E-state index is 11.8. The van der Waals surface area contributed by atoms with E-state index in [0.717, 1.165) is 5.69 Å². The number of anilines is 1. The summed E-state index contributed by atoms with van der Waals surface area (Å²) in [7, 11) is 0. The Morgan fingerprint density at radius 1 is 1.59 bits per heavy atom. The number of thiazole rings is 1. The maximum Gasteiger partial charge on any atom is 0.226 e. The molecule has 0 saturated carbocycles. The summed E-state index contributed by atoms with van der Waals surface area (Å²) in [6.07, 6.45) is 0.513. The average Bonchev–Trinajstić information content (AvgIpc) is 2.63. The van der Waals surface area contributed by atoms with E-state index in [1.54, 1.807) is 0 Å². The van der Waals surface area contributed by atoms with Crippen molar-refractivity contribution in [3.63, 3.8) is 0 Å². The molecule has 1 atom stereocenters. The highest BCUT2D eigenvalue weighted by Crippen LogP contribution is 2.28. The molecule has 0 radical (unpaired) electrons. The lowest BCUT2D eigenvalue weighted by atomic mass is 9.80. The number of rotatable bonds is 4. The SMILES string of the molecule is CC(CC(=O)Nc1nc(CCl)cs1)C(C)(C)C. The van der Waals surface area contributed by atoms with Gasteiger partial charge in [0.15, 0.2) is 5.13 Å². The van der Waals surface area contributed by atoms with E-state index in [1.807, 2.05) is 5.38 Å². The fourth-order valence-electron chi connectivity index (χ4n) is 1.18. The second-order valence-corrected chi connectivity index (χ2v) is 6.42. The van der Waals surface area contributed by atoms with Gasteiger partial charge in [0, 0.05) is 11.8 Å². The van der Waals surface area contributed by atoms with Crippen LogP contribution in [0.1, 0.15) is 39.8 Å². The van der Waals surface area contributed by atoms with Gasteiger partial charge in [0.25, 0.3) is 0 Å². The van der Waals surface area contributed by atoms with Crippen molar-refractivity contribution < 1.29 is 4.79 Å². The van der Waals surface area contributed by atoms with Gasteiger partial charge in [-0.3, -0.25) is 4.79 Å². The third-order valence-corrected chi connectivity index (χ3v) is 3.99. The van der Waals surface area contributed by atoms with Crippen LogP contribution >= 0.6 is 22.9 Å². The third-order valence-electron chi connectivity index (χ3n) is 2.90. The summed E-state index contributed by atoms with van der Waals surface area (Å²) in [6.45, 7) is 8.51. The first-order valence-corrected chi connectivity index (χ1v) is 7.04. The lowest BCUT2D eigenvalue weighted by Gasteiger charge is -2.26. The first-order valence-electron chi connectivity index (χ1n) is 5.63. The van der Waals surface area contributed by atoms with Gasteiger partial charge >= 0.3 is 0 Å². The Bertz CT molecular complexity index is 384. The van der Waals surface area contributed by atoms with Crippen molar-refractivity contribution in [2.24, 2.45) is 11.3 Å². The quantitative estimate of drug-likeness (QED) is 0.847. The molecular weight excluding hydrogens is 256 g/mol. The molecule has 0 aliphatic carbocycles. The normalized spacial score (nSPS) is 13.5. The first kappa shape index (κ1) is 14.5. The molecule has 1 aromatic heterocycles. The molecule has 0 saturated heterocycles. The second-order valence-electron chi connectivity index (χ2n) is 5.30. The predicted molar refractivity (Wildman–Crippen MR) is 73.5 cm³/mol. The summed E-state index contributed by atoms with van der Waals surface area (Å²) >= 11 is 7.06. The lowest BCUT2D eigenvalue weighted by molar-refractivity contribution is -0.117. The standard InChI is InChI=1S/C12H19ClN2OS/c1-8(12(2,3)4)5-10(16)15-11-14-9(6-13)7-17-11/h7-8H,5-6H2,1-4H3,(H,14,15,16). The van der Waals surface area contributed by atoms with Crippen LogP contribution in [0.3, 0.4) is 0 Å². The number of aromatic nitrogens is 1. The van der Waals surface area contributed by atoms with Crippen molar-refractivity contribution in [2.45, 2.75) is 40.0 Å². The van der Waals surface area contributed by atoms with Crippen molar-refractivity contribution in [1.82, 2.24) is 4.98 Å². The molecule has 96 valence electrons. The Labute approximate surface area is 112 Å². The van der Waals surface area contributed by atoms with Crippen molar-refractivity contribution in [1.29, 1.82) is 0 Å². The molecule has 3 nitrogen and oxygen atoms in total. The number of alkyl halides is 1. The molecule has 1 aromatic rings. The van der Waals surface area contributed by atoms with Gasteiger partial charge in [-0.1, -0.05) is 27.7 Å². The number of nitrogens with one attached hydrogen (secondary N) is 1. The highest BCUT2D eigenvalue weighted by atomic mass is 35.5. The monoisotopic (exact) mass is 274 g/mol. The number of carbonyl (C=O) groups excluding carboxylic acids is 1. The molecule has 0 spiro atoms. The van der Waals surface area contributed by atoms with Gasteiger partial charge in [-0.25, -0.2) is 4.98 Å². The molecule has 0 aliphatic heterocycles. The third kappa shape index (κ3) is 4.64. The molecular formula is C12H19ClN2OS. The minimum Gasteiger partial charge on any atom is -0.302 e. The zero-order chi connectivity index (χ0) is 13.1. The summed E-state index contributed by atoms with van der Waals surface area (Å²) in [5.74, 6) is 0.725. The number of hydrogen-bond donors (Lipinski definition) is 1. The Morgan fingerprint density at radius 3 is 2.71 bits per heavy atom. The Kier molecular flexibility index (Phi) is 4.95. The number of nitrogens with zero attached hydrogens (tertiary/aromatic N) is 1. The fourth-order valence-corrected chi connectivity index (χ4v) is 2.14. The highest BCUT2D eigenvalue weighted by molar-refractivity contribution is 7.13. The summed E-state index contributed by atoms with van der Waals surface area (Å²) in [6, 6.07) is 0. The molecule has 1 heterocycles. The van der Waals surface area contributed by atoms with E-state index in [0.29, 0.717) is 23.4 Å².